The highest BCUT2D eigenvalue weighted by Gasteiger charge is 2.17. The van der Waals surface area contributed by atoms with E-state index in [0.29, 0.717) is 6.54 Å². The zero-order valence-electron chi connectivity index (χ0n) is 6.63. The van der Waals surface area contributed by atoms with Gasteiger partial charge in [-0.25, -0.2) is 8.78 Å². The Labute approximate surface area is 65.7 Å². The molecule has 0 spiro atoms. The van der Waals surface area contributed by atoms with E-state index in [-0.39, 0.29) is 12.6 Å². The molecule has 0 aromatic carbocycles. The van der Waals surface area contributed by atoms with E-state index < -0.39 is 6.43 Å². The second-order valence-corrected chi connectivity index (χ2v) is 2.90. The van der Waals surface area contributed by atoms with E-state index in [9.17, 15) is 8.78 Å². The molecule has 0 saturated heterocycles. The molecule has 64 valence electrons. The first-order chi connectivity index (χ1) is 5.20. The molecule has 0 amide bonds. The molecule has 0 bridgehead atoms. The molecule has 1 atom stereocenters. The maximum absolute atomic E-state index is 11.9. The van der Waals surface area contributed by atoms with Crippen molar-refractivity contribution in [3.05, 3.63) is 12.2 Å². The minimum Gasteiger partial charge on any atom is -0.291 e. The molecule has 0 radical (unpaired) electrons. The highest BCUT2D eigenvalue weighted by molar-refractivity contribution is 4.94. The van der Waals surface area contributed by atoms with Crippen LogP contribution in [-0.2, 0) is 0 Å². The summed E-state index contributed by atoms with van der Waals surface area (Å²) in [6.07, 6.45) is 2.69. The van der Waals surface area contributed by atoms with Gasteiger partial charge in [0.2, 0.25) is 0 Å². The number of nitrogens with zero attached hydrogens (tertiary/aromatic N) is 1. The average molecular weight is 161 g/mol. The summed E-state index contributed by atoms with van der Waals surface area (Å²) >= 11 is 0. The van der Waals surface area contributed by atoms with Crippen LogP contribution in [0.25, 0.3) is 0 Å². The summed E-state index contributed by atoms with van der Waals surface area (Å²) in [5, 5.41) is 0. The zero-order valence-corrected chi connectivity index (χ0v) is 6.63. The molecule has 1 aliphatic heterocycles. The number of alkyl halides is 2. The van der Waals surface area contributed by atoms with Gasteiger partial charge in [0, 0.05) is 12.6 Å². The van der Waals surface area contributed by atoms with Gasteiger partial charge in [0.05, 0.1) is 6.54 Å². The van der Waals surface area contributed by atoms with E-state index in [1.165, 1.54) is 0 Å². The van der Waals surface area contributed by atoms with Crippen molar-refractivity contribution in [1.29, 1.82) is 0 Å². The Hall–Kier alpha value is -0.440. The van der Waals surface area contributed by atoms with Gasteiger partial charge in [0.25, 0.3) is 6.43 Å². The Balaban J connectivity index is 2.38. The minimum atomic E-state index is -2.20. The van der Waals surface area contributed by atoms with E-state index in [2.05, 4.69) is 0 Å². The number of hydrogen-bond acceptors (Lipinski definition) is 1. The third kappa shape index (κ3) is 2.58. The molecule has 3 heteroatoms. The van der Waals surface area contributed by atoms with Crippen molar-refractivity contribution < 1.29 is 8.78 Å². The fraction of sp³-hybridized carbons (Fsp3) is 0.750. The Morgan fingerprint density at radius 2 is 2.27 bits per heavy atom. The Morgan fingerprint density at radius 1 is 1.55 bits per heavy atom. The molecule has 0 N–H and O–H groups in total. The van der Waals surface area contributed by atoms with Gasteiger partial charge in [0.1, 0.15) is 0 Å². The predicted octanol–water partition coefficient (Wildman–Crippen LogP) is 1.90. The molecule has 0 saturated carbocycles. The Kier molecular flexibility index (Phi) is 3.00. The quantitative estimate of drug-likeness (QED) is 0.559. The highest BCUT2D eigenvalue weighted by atomic mass is 19.3. The lowest BCUT2D eigenvalue weighted by atomic mass is 10.1. The second kappa shape index (κ2) is 3.81. The van der Waals surface area contributed by atoms with Gasteiger partial charge in [-0.15, -0.1) is 0 Å². The van der Waals surface area contributed by atoms with E-state index in [1.807, 2.05) is 19.1 Å². The van der Waals surface area contributed by atoms with Crippen LogP contribution in [0.15, 0.2) is 12.2 Å². The van der Waals surface area contributed by atoms with Crippen molar-refractivity contribution in [2.75, 3.05) is 13.1 Å². The normalized spacial score (nSPS) is 26.4. The number of halogens is 2. The summed E-state index contributed by atoms with van der Waals surface area (Å²) in [4.78, 5) is 1.80. The summed E-state index contributed by atoms with van der Waals surface area (Å²) in [5.41, 5.74) is 0. The van der Waals surface area contributed by atoms with Crippen molar-refractivity contribution >= 4 is 0 Å². The molecular weight excluding hydrogens is 148 g/mol. The van der Waals surface area contributed by atoms with Gasteiger partial charge in [-0.2, -0.15) is 0 Å². The van der Waals surface area contributed by atoms with Crippen LogP contribution < -0.4 is 0 Å². The molecule has 1 heterocycles. The molecule has 1 aliphatic rings. The van der Waals surface area contributed by atoms with Gasteiger partial charge in [-0.05, 0) is 13.3 Å². The van der Waals surface area contributed by atoms with Gasteiger partial charge in [-0.1, -0.05) is 12.2 Å². The maximum Gasteiger partial charge on any atom is 0.251 e. The SMILES string of the molecule is C[C@@H]1CC=CCN1CC(F)F. The van der Waals surface area contributed by atoms with Crippen molar-refractivity contribution in [2.45, 2.75) is 25.8 Å². The third-order valence-electron chi connectivity index (χ3n) is 1.98. The van der Waals surface area contributed by atoms with E-state index in [1.54, 1.807) is 4.90 Å². The van der Waals surface area contributed by atoms with E-state index >= 15 is 0 Å². The monoisotopic (exact) mass is 161 g/mol. The Morgan fingerprint density at radius 3 is 2.82 bits per heavy atom. The van der Waals surface area contributed by atoms with Crippen LogP contribution in [0.3, 0.4) is 0 Å². The molecule has 1 rings (SSSR count). The first-order valence-corrected chi connectivity index (χ1v) is 3.87. The zero-order chi connectivity index (χ0) is 8.27. The van der Waals surface area contributed by atoms with Crippen molar-refractivity contribution in [3.63, 3.8) is 0 Å². The van der Waals surface area contributed by atoms with Crippen molar-refractivity contribution in [1.82, 2.24) is 4.90 Å². The molecule has 0 unspecified atom stereocenters. The maximum atomic E-state index is 11.9. The minimum absolute atomic E-state index is 0.0918. The van der Waals surface area contributed by atoms with Crippen molar-refractivity contribution in [2.24, 2.45) is 0 Å². The molecule has 1 nitrogen and oxygen atoms in total. The van der Waals surface area contributed by atoms with Gasteiger partial charge < -0.3 is 0 Å². The second-order valence-electron chi connectivity index (χ2n) is 2.90. The van der Waals surface area contributed by atoms with E-state index in [4.69, 9.17) is 0 Å². The summed E-state index contributed by atoms with van der Waals surface area (Å²) in [6, 6.07) is 0.272. The average Bonchev–Trinajstić information content (AvgIpc) is 1.93. The standard InChI is InChI=1S/C8H13F2N/c1-7-4-2-3-5-11(7)6-8(9)10/h2-3,7-8H,4-6H2,1H3/t7-/m1/s1. The van der Waals surface area contributed by atoms with Crippen LogP contribution in [0.4, 0.5) is 8.78 Å². The summed E-state index contributed by atoms with van der Waals surface area (Å²) in [6.45, 7) is 2.56. The topological polar surface area (TPSA) is 3.24 Å². The lowest BCUT2D eigenvalue weighted by Crippen LogP contribution is -2.38. The smallest absolute Gasteiger partial charge is 0.251 e. The third-order valence-corrected chi connectivity index (χ3v) is 1.98. The number of hydrogen-bond donors (Lipinski definition) is 0. The van der Waals surface area contributed by atoms with Gasteiger partial charge >= 0.3 is 0 Å². The fourth-order valence-electron chi connectivity index (χ4n) is 1.26. The molecule has 11 heavy (non-hydrogen) atoms. The van der Waals surface area contributed by atoms with Gasteiger partial charge in [0.15, 0.2) is 0 Å². The largest absolute Gasteiger partial charge is 0.291 e. The summed E-state index contributed by atoms with van der Waals surface area (Å²) < 4.78 is 23.9. The van der Waals surface area contributed by atoms with Crippen LogP contribution in [0.5, 0.6) is 0 Å². The van der Waals surface area contributed by atoms with Crippen LogP contribution in [0.2, 0.25) is 0 Å². The predicted molar refractivity (Wildman–Crippen MR) is 40.8 cm³/mol. The van der Waals surface area contributed by atoms with Crippen LogP contribution in [0, 0.1) is 0 Å². The molecule has 0 aromatic rings. The van der Waals surface area contributed by atoms with Crippen LogP contribution in [0.1, 0.15) is 13.3 Å². The lowest BCUT2D eigenvalue weighted by Gasteiger charge is -2.29. The molecule has 0 aromatic heterocycles. The highest BCUT2D eigenvalue weighted by Crippen LogP contribution is 2.11. The summed E-state index contributed by atoms with van der Waals surface area (Å²) in [7, 11) is 0. The molecule has 0 aliphatic carbocycles. The van der Waals surface area contributed by atoms with Crippen LogP contribution >= 0.6 is 0 Å². The molecular formula is C8H13F2N. The lowest BCUT2D eigenvalue weighted by molar-refractivity contribution is 0.0741. The van der Waals surface area contributed by atoms with Crippen LogP contribution in [-0.4, -0.2) is 30.5 Å². The first-order valence-electron chi connectivity index (χ1n) is 3.87. The number of rotatable bonds is 2. The van der Waals surface area contributed by atoms with E-state index in [0.717, 1.165) is 6.42 Å². The molecule has 0 fully saturated rings. The summed E-state index contributed by atoms with van der Waals surface area (Å²) in [5.74, 6) is 0. The van der Waals surface area contributed by atoms with Gasteiger partial charge in [-0.3, -0.25) is 4.90 Å². The Bertz CT molecular complexity index is 145. The van der Waals surface area contributed by atoms with Crippen molar-refractivity contribution in [3.8, 4) is 0 Å². The fourth-order valence-corrected chi connectivity index (χ4v) is 1.26. The first kappa shape index (κ1) is 8.65.